The highest BCUT2D eigenvalue weighted by atomic mass is 16.5. The average Bonchev–Trinajstić information content (AvgIpc) is 2.68. The quantitative estimate of drug-likeness (QED) is 0.535. The van der Waals surface area contributed by atoms with Gasteiger partial charge in [0.1, 0.15) is 12.0 Å². The summed E-state index contributed by atoms with van der Waals surface area (Å²) in [6.45, 7) is 3.65. The molecule has 1 aliphatic heterocycles. The Morgan fingerprint density at radius 1 is 1.23 bits per heavy atom. The van der Waals surface area contributed by atoms with Crippen LogP contribution in [-0.4, -0.2) is 35.6 Å². The maximum Gasteiger partial charge on any atom is 0.309 e. The molecule has 0 amide bonds. The van der Waals surface area contributed by atoms with Crippen LogP contribution in [0.3, 0.4) is 0 Å². The molecule has 2 heterocycles. The number of benzene rings is 1. The number of hydrazine groups is 1. The van der Waals surface area contributed by atoms with Crippen molar-refractivity contribution >= 4 is 29.0 Å². The Balaban J connectivity index is 1.63. The second-order valence-electron chi connectivity index (χ2n) is 6.09. The van der Waals surface area contributed by atoms with Gasteiger partial charge in [0, 0.05) is 13.1 Å². The van der Waals surface area contributed by atoms with Crippen LogP contribution in [0, 0.1) is 5.92 Å². The topological polar surface area (TPSA) is 105 Å². The smallest absolute Gasteiger partial charge is 0.309 e. The molecule has 0 unspecified atom stereocenters. The zero-order valence-electron chi connectivity index (χ0n) is 14.8. The van der Waals surface area contributed by atoms with Crippen molar-refractivity contribution in [2.75, 3.05) is 41.2 Å². The molecule has 26 heavy (non-hydrogen) atoms. The van der Waals surface area contributed by atoms with Gasteiger partial charge in [0.15, 0.2) is 11.6 Å². The number of hydrogen-bond acceptors (Lipinski definition) is 8. The van der Waals surface area contributed by atoms with Crippen LogP contribution < -0.4 is 21.5 Å². The molecule has 8 heteroatoms. The first-order valence-corrected chi connectivity index (χ1v) is 8.78. The standard InChI is InChI=1S/C18H24N6O2/c1-2-26-18(25)13-8-10-24(11-9-13)17-15(19)16(20-12-21-17)23-22-14-6-4-3-5-7-14/h3-7,12-13,22H,2,8-11,19H2,1H3,(H,20,21,23). The van der Waals surface area contributed by atoms with Gasteiger partial charge in [0.2, 0.25) is 0 Å². The van der Waals surface area contributed by atoms with Gasteiger partial charge in [-0.2, -0.15) is 0 Å². The zero-order valence-corrected chi connectivity index (χ0v) is 14.8. The molecule has 3 rings (SSSR count). The van der Waals surface area contributed by atoms with Crippen LogP contribution in [0.15, 0.2) is 36.7 Å². The van der Waals surface area contributed by atoms with E-state index in [9.17, 15) is 4.79 Å². The lowest BCUT2D eigenvalue weighted by Crippen LogP contribution is -2.38. The number of nitrogen functional groups attached to an aromatic ring is 1. The van der Waals surface area contributed by atoms with Gasteiger partial charge in [0.05, 0.1) is 18.2 Å². The number of ether oxygens (including phenoxy) is 1. The first-order chi connectivity index (χ1) is 12.7. The predicted molar refractivity (Wildman–Crippen MR) is 102 cm³/mol. The third-order valence-corrected chi connectivity index (χ3v) is 4.38. The highest BCUT2D eigenvalue weighted by Gasteiger charge is 2.27. The van der Waals surface area contributed by atoms with Crippen molar-refractivity contribution in [2.24, 2.45) is 5.92 Å². The number of nitrogens with zero attached hydrogens (tertiary/aromatic N) is 3. The number of hydrogen-bond donors (Lipinski definition) is 3. The molecule has 138 valence electrons. The van der Waals surface area contributed by atoms with Gasteiger partial charge < -0.3 is 15.4 Å². The van der Waals surface area contributed by atoms with E-state index in [4.69, 9.17) is 10.5 Å². The van der Waals surface area contributed by atoms with Crippen LogP contribution in [0.2, 0.25) is 0 Å². The van der Waals surface area contributed by atoms with E-state index in [0.29, 0.717) is 37.0 Å². The molecular formula is C18H24N6O2. The van der Waals surface area contributed by atoms with Gasteiger partial charge in [-0.1, -0.05) is 18.2 Å². The van der Waals surface area contributed by atoms with E-state index in [-0.39, 0.29) is 11.9 Å². The fourth-order valence-electron chi connectivity index (χ4n) is 2.98. The number of carbonyl (C=O) groups excluding carboxylic acids is 1. The minimum Gasteiger partial charge on any atom is -0.466 e. The molecule has 1 aromatic heterocycles. The molecule has 0 atom stereocenters. The minimum atomic E-state index is -0.114. The Morgan fingerprint density at radius 2 is 1.96 bits per heavy atom. The lowest BCUT2D eigenvalue weighted by atomic mass is 9.97. The third-order valence-electron chi connectivity index (χ3n) is 4.38. The van der Waals surface area contributed by atoms with Gasteiger partial charge in [-0.05, 0) is 31.9 Å². The zero-order chi connectivity index (χ0) is 18.4. The maximum absolute atomic E-state index is 11.9. The number of nitrogens with two attached hydrogens (primary N) is 1. The van der Waals surface area contributed by atoms with Crippen LogP contribution in [0.5, 0.6) is 0 Å². The second kappa shape index (κ2) is 8.37. The van der Waals surface area contributed by atoms with Crippen LogP contribution in [0.25, 0.3) is 0 Å². The van der Waals surface area contributed by atoms with Crippen LogP contribution in [0.1, 0.15) is 19.8 Å². The fourth-order valence-corrected chi connectivity index (χ4v) is 2.98. The van der Waals surface area contributed by atoms with Gasteiger partial charge in [-0.25, -0.2) is 9.97 Å². The van der Waals surface area contributed by atoms with Crippen molar-refractivity contribution < 1.29 is 9.53 Å². The predicted octanol–water partition coefficient (Wildman–Crippen LogP) is 2.28. The Morgan fingerprint density at radius 3 is 2.65 bits per heavy atom. The summed E-state index contributed by atoms with van der Waals surface area (Å²) in [5, 5.41) is 0. The normalized spacial score (nSPS) is 14.7. The number of para-hydroxylation sites is 1. The first-order valence-electron chi connectivity index (χ1n) is 8.78. The summed E-state index contributed by atoms with van der Waals surface area (Å²) in [5.74, 6) is 1.04. The molecule has 0 aliphatic carbocycles. The molecular weight excluding hydrogens is 332 g/mol. The Bertz CT molecular complexity index is 732. The number of esters is 1. The van der Waals surface area contributed by atoms with E-state index in [1.54, 1.807) is 0 Å². The number of rotatable bonds is 6. The van der Waals surface area contributed by atoms with E-state index in [0.717, 1.165) is 18.5 Å². The molecule has 0 spiro atoms. The summed E-state index contributed by atoms with van der Waals surface area (Å²) in [4.78, 5) is 22.5. The second-order valence-corrected chi connectivity index (χ2v) is 6.09. The van der Waals surface area contributed by atoms with Crippen molar-refractivity contribution in [3.8, 4) is 0 Å². The minimum absolute atomic E-state index is 0.0494. The fraction of sp³-hybridized carbons (Fsp3) is 0.389. The number of carbonyl (C=O) groups is 1. The molecule has 0 bridgehead atoms. The largest absolute Gasteiger partial charge is 0.466 e. The highest BCUT2D eigenvalue weighted by Crippen LogP contribution is 2.30. The van der Waals surface area contributed by atoms with Gasteiger partial charge in [-0.3, -0.25) is 15.6 Å². The van der Waals surface area contributed by atoms with Crippen molar-refractivity contribution in [3.05, 3.63) is 36.7 Å². The molecule has 1 aromatic carbocycles. The number of piperidine rings is 1. The van der Waals surface area contributed by atoms with Crippen molar-refractivity contribution in [1.29, 1.82) is 0 Å². The Hall–Kier alpha value is -3.03. The lowest BCUT2D eigenvalue weighted by Gasteiger charge is -2.32. The molecule has 1 fully saturated rings. The summed E-state index contributed by atoms with van der Waals surface area (Å²) < 4.78 is 5.11. The highest BCUT2D eigenvalue weighted by molar-refractivity contribution is 5.77. The van der Waals surface area contributed by atoms with Gasteiger partial charge in [0.25, 0.3) is 0 Å². The number of anilines is 4. The first kappa shape index (κ1) is 17.8. The number of aromatic nitrogens is 2. The van der Waals surface area contributed by atoms with Crippen LogP contribution >= 0.6 is 0 Å². The summed E-state index contributed by atoms with van der Waals surface area (Å²) in [6, 6.07) is 9.69. The average molecular weight is 356 g/mol. The molecule has 0 radical (unpaired) electrons. The van der Waals surface area contributed by atoms with Crippen molar-refractivity contribution in [3.63, 3.8) is 0 Å². The maximum atomic E-state index is 11.9. The molecule has 1 saturated heterocycles. The van der Waals surface area contributed by atoms with Crippen LogP contribution in [-0.2, 0) is 9.53 Å². The van der Waals surface area contributed by atoms with E-state index in [2.05, 4.69) is 25.7 Å². The number of nitrogens with one attached hydrogen (secondary N) is 2. The van der Waals surface area contributed by atoms with E-state index in [1.807, 2.05) is 37.3 Å². The summed E-state index contributed by atoms with van der Waals surface area (Å²) >= 11 is 0. The Labute approximate surface area is 152 Å². The molecule has 2 aromatic rings. The molecule has 1 aliphatic rings. The molecule has 0 saturated carbocycles. The third kappa shape index (κ3) is 4.14. The van der Waals surface area contributed by atoms with E-state index in [1.165, 1.54) is 6.33 Å². The summed E-state index contributed by atoms with van der Waals surface area (Å²) in [6.07, 6.45) is 2.94. The monoisotopic (exact) mass is 356 g/mol. The molecule has 8 nitrogen and oxygen atoms in total. The summed E-state index contributed by atoms with van der Waals surface area (Å²) in [5.41, 5.74) is 13.7. The van der Waals surface area contributed by atoms with Gasteiger partial charge >= 0.3 is 5.97 Å². The van der Waals surface area contributed by atoms with E-state index >= 15 is 0 Å². The van der Waals surface area contributed by atoms with Crippen molar-refractivity contribution in [1.82, 2.24) is 9.97 Å². The van der Waals surface area contributed by atoms with Crippen LogP contribution in [0.4, 0.5) is 23.0 Å². The van der Waals surface area contributed by atoms with Crippen molar-refractivity contribution in [2.45, 2.75) is 19.8 Å². The Kier molecular flexibility index (Phi) is 5.73. The van der Waals surface area contributed by atoms with Gasteiger partial charge in [-0.15, -0.1) is 0 Å². The molecule has 4 N–H and O–H groups in total. The summed E-state index contributed by atoms with van der Waals surface area (Å²) in [7, 11) is 0. The SMILES string of the molecule is CCOC(=O)C1CCN(c2ncnc(NNc3ccccc3)c2N)CC1. The lowest BCUT2D eigenvalue weighted by molar-refractivity contribution is -0.148. The van der Waals surface area contributed by atoms with E-state index < -0.39 is 0 Å².